The minimum atomic E-state index is -3.83. The number of halogens is 1. The van der Waals surface area contributed by atoms with Gasteiger partial charge < -0.3 is 5.32 Å². The summed E-state index contributed by atoms with van der Waals surface area (Å²) in [4.78, 5) is 14.8. The van der Waals surface area contributed by atoms with Gasteiger partial charge in [0.25, 0.3) is 15.9 Å². The van der Waals surface area contributed by atoms with Crippen LogP contribution in [0.3, 0.4) is 0 Å². The van der Waals surface area contributed by atoms with Crippen molar-refractivity contribution in [2.45, 2.75) is 36.7 Å². The Kier molecular flexibility index (Phi) is 6.27. The molecule has 0 aromatic heterocycles. The van der Waals surface area contributed by atoms with Gasteiger partial charge >= 0.3 is 0 Å². The second-order valence-electron chi connectivity index (χ2n) is 7.10. The lowest BCUT2D eigenvalue weighted by molar-refractivity contribution is 0.0939. The van der Waals surface area contributed by atoms with E-state index in [9.17, 15) is 13.2 Å². The van der Waals surface area contributed by atoms with Crippen LogP contribution in [0, 0.1) is 0 Å². The molecule has 1 aliphatic carbocycles. The molecule has 6 nitrogen and oxygen atoms in total. The van der Waals surface area contributed by atoms with Gasteiger partial charge in [-0.05, 0) is 63.2 Å². The average Bonchev–Trinajstić information content (AvgIpc) is 3.50. The maximum Gasteiger partial charge on any atom is 0.261 e. The van der Waals surface area contributed by atoms with E-state index in [0.717, 1.165) is 0 Å². The minimum absolute atomic E-state index is 0.0169. The van der Waals surface area contributed by atoms with E-state index in [0.29, 0.717) is 28.9 Å². The third-order valence-electron chi connectivity index (χ3n) is 4.86. The van der Waals surface area contributed by atoms with Gasteiger partial charge in [0.1, 0.15) is 0 Å². The van der Waals surface area contributed by atoms with Crippen molar-refractivity contribution in [1.29, 1.82) is 0 Å². The molecule has 1 amide bonds. The van der Waals surface area contributed by atoms with Crippen molar-refractivity contribution in [3.8, 4) is 0 Å². The van der Waals surface area contributed by atoms with E-state index in [1.807, 2.05) is 0 Å². The maximum atomic E-state index is 12.6. The Balaban J connectivity index is 1.67. The normalized spacial score (nSPS) is 15.3. The molecule has 0 aliphatic heterocycles. The number of sulfonamides is 1. The van der Waals surface area contributed by atoms with Crippen LogP contribution < -0.4 is 10.0 Å². The van der Waals surface area contributed by atoms with E-state index in [1.54, 1.807) is 30.3 Å². The van der Waals surface area contributed by atoms with Crippen molar-refractivity contribution in [3.63, 3.8) is 0 Å². The van der Waals surface area contributed by atoms with Gasteiger partial charge in [-0.1, -0.05) is 23.7 Å². The van der Waals surface area contributed by atoms with E-state index >= 15 is 0 Å². The molecule has 0 saturated heterocycles. The van der Waals surface area contributed by atoms with Gasteiger partial charge in [-0.2, -0.15) is 0 Å². The van der Waals surface area contributed by atoms with Gasteiger partial charge in [0.15, 0.2) is 0 Å². The number of hydrogen-bond acceptors (Lipinski definition) is 4. The fourth-order valence-electron chi connectivity index (χ4n) is 2.90. The summed E-state index contributed by atoms with van der Waals surface area (Å²) in [7, 11) is -1.77. The average molecular weight is 422 g/mol. The Bertz CT molecular complexity index is 961. The van der Waals surface area contributed by atoms with Crippen LogP contribution in [-0.2, 0) is 10.0 Å². The van der Waals surface area contributed by atoms with E-state index in [1.165, 1.54) is 31.0 Å². The number of benzene rings is 2. The predicted molar refractivity (Wildman–Crippen MR) is 111 cm³/mol. The predicted octanol–water partition coefficient (Wildman–Crippen LogP) is 3.35. The van der Waals surface area contributed by atoms with Crippen molar-refractivity contribution >= 4 is 33.2 Å². The Morgan fingerprint density at radius 3 is 2.61 bits per heavy atom. The van der Waals surface area contributed by atoms with Crippen LogP contribution >= 0.6 is 11.6 Å². The number of anilines is 1. The molecule has 8 heteroatoms. The SMILES string of the molecule is CC(CNC(=O)c1cccc(S(=O)(=O)Nc2cccc(Cl)c2)c1)N(C)C1CC1. The Hall–Kier alpha value is -2.09. The molecule has 0 radical (unpaired) electrons. The summed E-state index contributed by atoms with van der Waals surface area (Å²) in [5, 5.41) is 3.31. The number of nitrogens with one attached hydrogen (secondary N) is 2. The van der Waals surface area contributed by atoms with Crippen LogP contribution in [0.25, 0.3) is 0 Å². The van der Waals surface area contributed by atoms with Gasteiger partial charge in [-0.15, -0.1) is 0 Å². The van der Waals surface area contributed by atoms with Gasteiger partial charge in [-0.3, -0.25) is 14.4 Å². The summed E-state index contributed by atoms with van der Waals surface area (Å²) < 4.78 is 27.7. The summed E-state index contributed by atoms with van der Waals surface area (Å²) >= 11 is 5.90. The molecule has 3 rings (SSSR count). The smallest absolute Gasteiger partial charge is 0.261 e. The molecule has 1 atom stereocenters. The molecule has 28 heavy (non-hydrogen) atoms. The quantitative estimate of drug-likeness (QED) is 0.685. The topological polar surface area (TPSA) is 78.5 Å². The van der Waals surface area contributed by atoms with Gasteiger partial charge in [-0.25, -0.2) is 8.42 Å². The van der Waals surface area contributed by atoms with Gasteiger partial charge in [0.2, 0.25) is 0 Å². The number of hydrogen-bond donors (Lipinski definition) is 2. The van der Waals surface area contributed by atoms with Crippen LogP contribution in [0.4, 0.5) is 5.69 Å². The summed E-state index contributed by atoms with van der Waals surface area (Å²) in [5.74, 6) is -0.296. The Labute approximate surface area is 170 Å². The molecular weight excluding hydrogens is 398 g/mol. The molecule has 2 aromatic carbocycles. The molecule has 1 aliphatic rings. The number of likely N-dealkylation sites (N-methyl/N-ethyl adjacent to an activating group) is 1. The zero-order valence-electron chi connectivity index (χ0n) is 15.9. The number of nitrogens with zero attached hydrogens (tertiary/aromatic N) is 1. The molecule has 0 bridgehead atoms. The monoisotopic (exact) mass is 421 g/mol. The molecule has 1 saturated carbocycles. The van der Waals surface area contributed by atoms with Crippen molar-refractivity contribution in [2.75, 3.05) is 18.3 Å². The van der Waals surface area contributed by atoms with Crippen LogP contribution in [0.2, 0.25) is 5.02 Å². The third kappa shape index (κ3) is 5.25. The highest BCUT2D eigenvalue weighted by atomic mass is 35.5. The molecule has 0 heterocycles. The number of rotatable bonds is 8. The molecular formula is C20H24ClN3O3S. The molecule has 2 N–H and O–H groups in total. The van der Waals surface area contributed by atoms with Crippen LogP contribution in [0.1, 0.15) is 30.1 Å². The second-order valence-corrected chi connectivity index (χ2v) is 9.22. The largest absolute Gasteiger partial charge is 0.350 e. The Morgan fingerprint density at radius 2 is 1.93 bits per heavy atom. The van der Waals surface area contributed by atoms with Crippen LogP contribution in [0.15, 0.2) is 53.4 Å². The van der Waals surface area contributed by atoms with Crippen molar-refractivity contribution in [3.05, 3.63) is 59.1 Å². The fourth-order valence-corrected chi connectivity index (χ4v) is 4.18. The van der Waals surface area contributed by atoms with Crippen LogP contribution in [-0.4, -0.2) is 44.9 Å². The number of carbonyl (C=O) groups excluding carboxylic acids is 1. The molecule has 2 aromatic rings. The first kappa shape index (κ1) is 20.6. The fraction of sp³-hybridized carbons (Fsp3) is 0.350. The molecule has 1 fully saturated rings. The summed E-state index contributed by atoms with van der Waals surface area (Å²) in [6.07, 6.45) is 2.41. The third-order valence-corrected chi connectivity index (χ3v) is 6.47. The zero-order chi connectivity index (χ0) is 20.3. The van der Waals surface area contributed by atoms with E-state index < -0.39 is 10.0 Å². The standard InChI is InChI=1S/C20H24ClN3O3S/c1-14(24(2)18-9-10-18)13-22-20(25)15-5-3-8-19(11-15)28(26,27)23-17-7-4-6-16(21)12-17/h3-8,11-12,14,18,23H,9-10,13H2,1-2H3,(H,22,25). The molecule has 150 valence electrons. The first-order chi connectivity index (χ1) is 13.3. The minimum Gasteiger partial charge on any atom is -0.350 e. The van der Waals surface area contributed by atoms with E-state index in [4.69, 9.17) is 11.6 Å². The van der Waals surface area contributed by atoms with E-state index in [-0.39, 0.29) is 16.8 Å². The zero-order valence-corrected chi connectivity index (χ0v) is 17.4. The van der Waals surface area contributed by atoms with E-state index in [2.05, 4.69) is 28.9 Å². The van der Waals surface area contributed by atoms with Crippen molar-refractivity contribution in [2.24, 2.45) is 0 Å². The highest BCUT2D eigenvalue weighted by Crippen LogP contribution is 2.26. The summed E-state index contributed by atoms with van der Waals surface area (Å²) in [6, 6.07) is 13.3. The lowest BCUT2D eigenvalue weighted by Gasteiger charge is -2.24. The van der Waals surface area contributed by atoms with Crippen molar-refractivity contribution in [1.82, 2.24) is 10.2 Å². The molecule has 1 unspecified atom stereocenters. The van der Waals surface area contributed by atoms with Crippen LogP contribution in [0.5, 0.6) is 0 Å². The highest BCUT2D eigenvalue weighted by molar-refractivity contribution is 7.92. The number of carbonyl (C=O) groups is 1. The maximum absolute atomic E-state index is 12.6. The first-order valence-electron chi connectivity index (χ1n) is 9.15. The Morgan fingerprint density at radius 1 is 1.21 bits per heavy atom. The van der Waals surface area contributed by atoms with Crippen molar-refractivity contribution < 1.29 is 13.2 Å². The number of amides is 1. The first-order valence-corrected chi connectivity index (χ1v) is 11.0. The highest BCUT2D eigenvalue weighted by Gasteiger charge is 2.29. The summed E-state index contributed by atoms with van der Waals surface area (Å²) in [6.45, 7) is 2.57. The lowest BCUT2D eigenvalue weighted by Crippen LogP contribution is -2.41. The summed E-state index contributed by atoms with van der Waals surface area (Å²) in [5.41, 5.74) is 0.662. The van der Waals surface area contributed by atoms with Gasteiger partial charge in [0, 0.05) is 29.2 Å². The molecule has 0 spiro atoms. The lowest BCUT2D eigenvalue weighted by atomic mass is 10.2. The second kappa shape index (κ2) is 8.51. The van der Waals surface area contributed by atoms with Gasteiger partial charge in [0.05, 0.1) is 10.6 Å².